The van der Waals surface area contributed by atoms with Crippen molar-refractivity contribution < 1.29 is 4.79 Å². The molecular weight excluding hydrogens is 274 g/mol. The van der Waals surface area contributed by atoms with Crippen LogP contribution in [0, 0.1) is 0 Å². The van der Waals surface area contributed by atoms with Gasteiger partial charge in [0.2, 0.25) is 5.91 Å². The van der Waals surface area contributed by atoms with Gasteiger partial charge < -0.3 is 5.32 Å². The lowest BCUT2D eigenvalue weighted by atomic mass is 10.2. The van der Waals surface area contributed by atoms with Gasteiger partial charge in [-0.2, -0.15) is 0 Å². The Bertz CT molecular complexity index is 501. The molecule has 1 heterocycles. The van der Waals surface area contributed by atoms with Gasteiger partial charge in [-0.25, -0.2) is 0 Å². The summed E-state index contributed by atoms with van der Waals surface area (Å²) in [6, 6.07) is 11.0. The predicted octanol–water partition coefficient (Wildman–Crippen LogP) is 3.61. The van der Waals surface area contributed by atoms with Crippen LogP contribution < -0.4 is 10.5 Å². The maximum absolute atomic E-state index is 12.0. The highest BCUT2D eigenvalue weighted by Crippen LogP contribution is 2.46. The van der Waals surface area contributed by atoms with Crippen LogP contribution in [0.4, 0.5) is 0 Å². The quantitative estimate of drug-likeness (QED) is 0.653. The number of carbonyl (C=O) groups excluding carboxylic acids is 1. The topological polar surface area (TPSA) is 29.1 Å². The smallest absolute Gasteiger partial charge is 0.220 e. The molecule has 1 aromatic carbocycles. The number of nitrogens with one attached hydrogen (secondary N) is 1. The molecule has 1 amide bonds. The largest absolute Gasteiger partial charge is 0.350 e. The minimum atomic E-state index is -1.87. The maximum Gasteiger partial charge on any atom is 0.220 e. The Morgan fingerprint density at radius 2 is 1.76 bits per heavy atom. The molecule has 0 spiro atoms. The van der Waals surface area contributed by atoms with Crippen molar-refractivity contribution in [1.29, 1.82) is 0 Å². The molecule has 114 valence electrons. The Labute approximate surface area is 129 Å². The molecule has 1 aliphatic rings. The molecule has 2 nitrogen and oxygen atoms in total. The lowest BCUT2D eigenvalue weighted by Crippen LogP contribution is -2.59. The van der Waals surface area contributed by atoms with E-state index in [2.05, 4.69) is 69.9 Å². The molecule has 1 aliphatic heterocycles. The molecule has 0 radical (unpaired) electrons. The molecule has 0 aromatic heterocycles. The first-order chi connectivity index (χ1) is 9.94. The van der Waals surface area contributed by atoms with Gasteiger partial charge in [0.15, 0.2) is 0 Å². The minimum Gasteiger partial charge on any atom is -0.350 e. The summed E-state index contributed by atoms with van der Waals surface area (Å²) in [6.07, 6.45) is 2.58. The molecule has 1 aromatic rings. The average Bonchev–Trinajstić information content (AvgIpc) is 2.81. The van der Waals surface area contributed by atoms with Crippen molar-refractivity contribution in [2.24, 2.45) is 0 Å². The molecule has 0 bridgehead atoms. The summed E-state index contributed by atoms with van der Waals surface area (Å²) in [6.45, 7) is 13.3. The van der Waals surface area contributed by atoms with Gasteiger partial charge >= 0.3 is 0 Å². The van der Waals surface area contributed by atoms with Gasteiger partial charge in [0.05, 0.1) is 8.07 Å². The first-order valence-electron chi connectivity index (χ1n) is 7.92. The summed E-state index contributed by atoms with van der Waals surface area (Å²) in [5.74, 6) is 0.180. The Morgan fingerprint density at radius 3 is 2.24 bits per heavy atom. The minimum absolute atomic E-state index is 0.120. The Balaban J connectivity index is 2.60. The van der Waals surface area contributed by atoms with E-state index < -0.39 is 8.07 Å². The second kappa shape index (κ2) is 6.18. The zero-order valence-corrected chi connectivity index (χ0v) is 14.6. The molecule has 1 N–H and O–H groups in total. The van der Waals surface area contributed by atoms with Gasteiger partial charge in [-0.05, 0) is 16.6 Å². The van der Waals surface area contributed by atoms with Crippen LogP contribution in [0.3, 0.4) is 0 Å². The highest BCUT2D eigenvalue weighted by molar-refractivity contribution is 6.95. The molecule has 0 unspecified atom stereocenters. The van der Waals surface area contributed by atoms with Crippen LogP contribution in [-0.4, -0.2) is 20.0 Å². The summed E-state index contributed by atoms with van der Waals surface area (Å²) in [7, 11) is -1.87. The van der Waals surface area contributed by atoms with E-state index in [0.717, 1.165) is 0 Å². The number of carbonyl (C=O) groups is 1. The predicted molar refractivity (Wildman–Crippen MR) is 92.5 cm³/mol. The SMILES string of the molecule is C=C[C@@H]1NC(=O)C[C@H]1[Si](c1ccccc1)(C(C)C)C(C)C. The highest BCUT2D eigenvalue weighted by Gasteiger charge is 2.53. The number of hydrogen-bond donors (Lipinski definition) is 1. The average molecular weight is 302 g/mol. The van der Waals surface area contributed by atoms with Gasteiger partial charge in [0.1, 0.15) is 0 Å². The normalized spacial score (nSPS) is 22.7. The van der Waals surface area contributed by atoms with Crippen LogP contribution >= 0.6 is 0 Å². The van der Waals surface area contributed by atoms with Crippen LogP contribution in [0.2, 0.25) is 16.6 Å². The fourth-order valence-electron chi connectivity index (χ4n) is 4.49. The van der Waals surface area contributed by atoms with E-state index in [4.69, 9.17) is 0 Å². The molecule has 1 fully saturated rings. The highest BCUT2D eigenvalue weighted by atomic mass is 28.3. The summed E-state index contributed by atoms with van der Waals surface area (Å²) >= 11 is 0. The van der Waals surface area contributed by atoms with E-state index in [1.165, 1.54) is 5.19 Å². The third-order valence-corrected chi connectivity index (χ3v) is 12.2. The van der Waals surface area contributed by atoms with Crippen LogP contribution in [0.5, 0.6) is 0 Å². The fourth-order valence-corrected chi connectivity index (χ4v) is 11.4. The molecule has 1 saturated heterocycles. The molecule has 2 rings (SSSR count). The third kappa shape index (κ3) is 2.59. The van der Waals surface area contributed by atoms with Crippen molar-refractivity contribution in [2.75, 3.05) is 0 Å². The van der Waals surface area contributed by atoms with Crippen LogP contribution in [0.1, 0.15) is 34.1 Å². The second-order valence-corrected chi connectivity index (χ2v) is 12.2. The Morgan fingerprint density at radius 1 is 1.19 bits per heavy atom. The van der Waals surface area contributed by atoms with Crippen molar-refractivity contribution in [1.82, 2.24) is 5.32 Å². The molecular formula is C18H27NOSi. The first kappa shape index (κ1) is 16.0. The van der Waals surface area contributed by atoms with Gasteiger partial charge in [0.25, 0.3) is 0 Å². The van der Waals surface area contributed by atoms with Crippen molar-refractivity contribution in [3.8, 4) is 0 Å². The summed E-state index contributed by atoms with van der Waals surface area (Å²) in [4.78, 5) is 12.0. The van der Waals surface area contributed by atoms with E-state index >= 15 is 0 Å². The van der Waals surface area contributed by atoms with E-state index in [9.17, 15) is 4.79 Å². The number of hydrogen-bond acceptors (Lipinski definition) is 1. The molecule has 21 heavy (non-hydrogen) atoms. The van der Waals surface area contributed by atoms with E-state index in [1.807, 2.05) is 6.08 Å². The standard InChI is InChI=1S/C18H27NOSi/c1-6-16-17(12-18(20)19-16)21(13(2)3,14(4)5)15-10-8-7-9-11-15/h6-11,13-14,16-17H,1,12H2,2-5H3,(H,19,20)/t16-,17+/m0/s1. The summed E-state index contributed by atoms with van der Waals surface area (Å²) < 4.78 is 0. The van der Waals surface area contributed by atoms with Crippen LogP contribution in [0.15, 0.2) is 43.0 Å². The van der Waals surface area contributed by atoms with E-state index in [1.54, 1.807) is 0 Å². The maximum atomic E-state index is 12.0. The van der Waals surface area contributed by atoms with Gasteiger partial charge in [-0.1, -0.05) is 69.3 Å². The number of benzene rings is 1. The zero-order valence-electron chi connectivity index (χ0n) is 13.6. The summed E-state index contributed by atoms with van der Waals surface area (Å²) in [5, 5.41) is 4.59. The lowest BCUT2D eigenvalue weighted by Gasteiger charge is -2.46. The van der Waals surface area contributed by atoms with Gasteiger partial charge in [-0.3, -0.25) is 4.79 Å². The molecule has 0 aliphatic carbocycles. The van der Waals surface area contributed by atoms with Gasteiger partial charge in [0, 0.05) is 12.5 Å². The molecule has 2 atom stereocenters. The third-order valence-electron chi connectivity index (χ3n) is 5.22. The molecule has 3 heteroatoms. The second-order valence-electron chi connectivity index (χ2n) is 6.75. The number of rotatable bonds is 5. The van der Waals surface area contributed by atoms with Gasteiger partial charge in [-0.15, -0.1) is 6.58 Å². The zero-order chi connectivity index (χ0) is 15.6. The van der Waals surface area contributed by atoms with Crippen molar-refractivity contribution in [3.63, 3.8) is 0 Å². The first-order valence-corrected chi connectivity index (χ1v) is 10.1. The lowest BCUT2D eigenvalue weighted by molar-refractivity contribution is -0.119. The monoisotopic (exact) mass is 301 g/mol. The fraction of sp³-hybridized carbons (Fsp3) is 0.500. The van der Waals surface area contributed by atoms with Crippen LogP contribution in [0.25, 0.3) is 0 Å². The Kier molecular flexibility index (Phi) is 4.72. The van der Waals surface area contributed by atoms with Crippen molar-refractivity contribution in [2.45, 2.75) is 56.8 Å². The van der Waals surface area contributed by atoms with Crippen LogP contribution in [-0.2, 0) is 4.79 Å². The number of amides is 1. The molecule has 0 saturated carbocycles. The van der Waals surface area contributed by atoms with E-state index in [0.29, 0.717) is 23.0 Å². The summed E-state index contributed by atoms with van der Waals surface area (Å²) in [5.41, 5.74) is 1.56. The van der Waals surface area contributed by atoms with E-state index in [-0.39, 0.29) is 11.9 Å². The van der Waals surface area contributed by atoms with Crippen molar-refractivity contribution >= 4 is 19.2 Å². The Hall–Kier alpha value is -1.35. The van der Waals surface area contributed by atoms with Crippen molar-refractivity contribution in [3.05, 3.63) is 43.0 Å².